The molecular formula is C25H31N3O3. The molecule has 2 amide bonds. The van der Waals surface area contributed by atoms with E-state index in [1.807, 2.05) is 30.3 Å². The third-order valence-electron chi connectivity index (χ3n) is 6.18. The Morgan fingerprint density at radius 1 is 1.10 bits per heavy atom. The number of hydrogen-bond donors (Lipinski definition) is 1. The molecule has 2 aromatic rings. The predicted octanol–water partition coefficient (Wildman–Crippen LogP) is 3.22. The lowest BCUT2D eigenvalue weighted by atomic mass is 9.93. The van der Waals surface area contributed by atoms with Gasteiger partial charge in [0.2, 0.25) is 5.91 Å². The molecule has 2 fully saturated rings. The molecule has 2 aliphatic heterocycles. The summed E-state index contributed by atoms with van der Waals surface area (Å²) in [5, 5.41) is 3.14. The maximum atomic E-state index is 12.4. The molecule has 0 unspecified atom stereocenters. The summed E-state index contributed by atoms with van der Waals surface area (Å²) < 4.78 is 5.66. The maximum Gasteiger partial charge on any atom is 0.258 e. The molecule has 2 aliphatic rings. The van der Waals surface area contributed by atoms with Crippen LogP contribution in [0.4, 0.5) is 5.69 Å². The molecular weight excluding hydrogens is 390 g/mol. The van der Waals surface area contributed by atoms with Crippen LogP contribution in [-0.2, 0) is 16.1 Å². The summed E-state index contributed by atoms with van der Waals surface area (Å²) in [7, 11) is 0. The van der Waals surface area contributed by atoms with E-state index in [1.165, 1.54) is 5.56 Å². The Labute approximate surface area is 184 Å². The Hall–Kier alpha value is -2.86. The highest BCUT2D eigenvalue weighted by molar-refractivity contribution is 5.95. The summed E-state index contributed by atoms with van der Waals surface area (Å²) in [5.41, 5.74) is 2.21. The van der Waals surface area contributed by atoms with Gasteiger partial charge in [0.05, 0.1) is 0 Å². The van der Waals surface area contributed by atoms with Gasteiger partial charge in [-0.25, -0.2) is 0 Å². The maximum absolute atomic E-state index is 12.4. The largest absolute Gasteiger partial charge is 0.484 e. The number of nitrogens with zero attached hydrogens (tertiary/aromatic N) is 2. The van der Waals surface area contributed by atoms with E-state index in [9.17, 15) is 9.59 Å². The van der Waals surface area contributed by atoms with Crippen molar-refractivity contribution in [1.82, 2.24) is 10.2 Å². The van der Waals surface area contributed by atoms with Crippen molar-refractivity contribution in [1.29, 1.82) is 0 Å². The fraction of sp³-hybridized carbons (Fsp3) is 0.440. The number of anilines is 1. The summed E-state index contributed by atoms with van der Waals surface area (Å²) in [6.07, 6.45) is 2.46. The van der Waals surface area contributed by atoms with Crippen molar-refractivity contribution in [3.05, 3.63) is 60.2 Å². The molecule has 2 saturated heterocycles. The van der Waals surface area contributed by atoms with Crippen molar-refractivity contribution in [3.8, 4) is 5.75 Å². The summed E-state index contributed by atoms with van der Waals surface area (Å²) in [4.78, 5) is 28.5. The second-order valence-electron chi connectivity index (χ2n) is 8.59. The normalized spacial score (nSPS) is 21.8. The number of carbonyl (C=O) groups is 2. The van der Waals surface area contributed by atoms with Gasteiger partial charge in [0.1, 0.15) is 5.75 Å². The molecule has 4 rings (SSSR count). The highest BCUT2D eigenvalue weighted by atomic mass is 16.5. The van der Waals surface area contributed by atoms with Gasteiger partial charge in [-0.15, -0.1) is 0 Å². The summed E-state index contributed by atoms with van der Waals surface area (Å²) in [6.45, 7) is 5.86. The van der Waals surface area contributed by atoms with Gasteiger partial charge < -0.3 is 15.0 Å². The molecule has 0 saturated carbocycles. The van der Waals surface area contributed by atoms with E-state index in [4.69, 9.17) is 4.74 Å². The lowest BCUT2D eigenvalue weighted by Crippen LogP contribution is -2.50. The van der Waals surface area contributed by atoms with Gasteiger partial charge in [0.25, 0.3) is 5.91 Å². The number of nitrogens with one attached hydrogen (secondary N) is 1. The van der Waals surface area contributed by atoms with Gasteiger partial charge in [0, 0.05) is 44.3 Å². The predicted molar refractivity (Wildman–Crippen MR) is 121 cm³/mol. The van der Waals surface area contributed by atoms with Gasteiger partial charge in [-0.3, -0.25) is 14.5 Å². The van der Waals surface area contributed by atoms with Crippen LogP contribution in [0, 0.1) is 5.92 Å². The number of benzene rings is 2. The van der Waals surface area contributed by atoms with Crippen LogP contribution in [0.1, 0.15) is 31.7 Å². The van der Waals surface area contributed by atoms with E-state index < -0.39 is 0 Å². The van der Waals surface area contributed by atoms with Crippen LogP contribution in [0.5, 0.6) is 5.75 Å². The molecule has 0 bridgehead atoms. The molecule has 0 aromatic heterocycles. The molecule has 2 atom stereocenters. The average Bonchev–Trinajstić information content (AvgIpc) is 3.21. The fourth-order valence-electron chi connectivity index (χ4n) is 4.47. The Kier molecular flexibility index (Phi) is 6.87. The van der Waals surface area contributed by atoms with Crippen molar-refractivity contribution in [3.63, 3.8) is 0 Å². The quantitative estimate of drug-likeness (QED) is 0.746. The van der Waals surface area contributed by atoms with Crippen LogP contribution in [-0.4, -0.2) is 49.0 Å². The summed E-state index contributed by atoms with van der Waals surface area (Å²) >= 11 is 0. The zero-order chi connectivity index (χ0) is 21.6. The third-order valence-corrected chi connectivity index (χ3v) is 6.18. The summed E-state index contributed by atoms with van der Waals surface area (Å²) in [5.74, 6) is 1.10. The van der Waals surface area contributed by atoms with E-state index in [1.54, 1.807) is 4.90 Å². The van der Waals surface area contributed by atoms with E-state index in [0.717, 1.165) is 44.7 Å². The molecule has 31 heavy (non-hydrogen) atoms. The SMILES string of the molecule is C[C@H]1CN(Cc2ccccc2)CC[C@@H]1NC(=O)COc1ccc(N2CCCC2=O)cc1. The zero-order valence-corrected chi connectivity index (χ0v) is 18.1. The monoisotopic (exact) mass is 421 g/mol. The first kappa shape index (κ1) is 21.4. The van der Waals surface area contributed by atoms with Crippen LogP contribution in [0.15, 0.2) is 54.6 Å². The van der Waals surface area contributed by atoms with Crippen LogP contribution in [0.25, 0.3) is 0 Å². The lowest BCUT2D eigenvalue weighted by molar-refractivity contribution is -0.124. The van der Waals surface area contributed by atoms with Gasteiger partial charge in [-0.2, -0.15) is 0 Å². The van der Waals surface area contributed by atoms with Crippen molar-refractivity contribution in [2.45, 2.75) is 38.8 Å². The van der Waals surface area contributed by atoms with Crippen molar-refractivity contribution >= 4 is 17.5 Å². The number of likely N-dealkylation sites (tertiary alicyclic amines) is 1. The first-order chi connectivity index (χ1) is 15.1. The molecule has 164 valence electrons. The van der Waals surface area contributed by atoms with Crippen molar-refractivity contribution < 1.29 is 14.3 Å². The number of carbonyl (C=O) groups excluding carboxylic acids is 2. The van der Waals surface area contributed by atoms with Gasteiger partial charge in [-0.05, 0) is 48.6 Å². The number of ether oxygens (including phenoxy) is 1. The minimum atomic E-state index is -0.0906. The Bertz CT molecular complexity index is 885. The Morgan fingerprint density at radius 2 is 1.87 bits per heavy atom. The second-order valence-corrected chi connectivity index (χ2v) is 8.59. The second kappa shape index (κ2) is 9.96. The first-order valence-corrected chi connectivity index (χ1v) is 11.2. The molecule has 2 heterocycles. The third kappa shape index (κ3) is 5.64. The van der Waals surface area contributed by atoms with E-state index in [0.29, 0.717) is 18.1 Å². The molecule has 6 nitrogen and oxygen atoms in total. The Balaban J connectivity index is 1.21. The highest BCUT2D eigenvalue weighted by Crippen LogP contribution is 2.24. The smallest absolute Gasteiger partial charge is 0.258 e. The Morgan fingerprint density at radius 3 is 2.55 bits per heavy atom. The molecule has 0 radical (unpaired) electrons. The molecule has 0 spiro atoms. The molecule has 6 heteroatoms. The van der Waals surface area contributed by atoms with E-state index in [-0.39, 0.29) is 24.5 Å². The average molecular weight is 422 g/mol. The molecule has 2 aromatic carbocycles. The lowest BCUT2D eigenvalue weighted by Gasteiger charge is -2.37. The van der Waals surface area contributed by atoms with E-state index in [2.05, 4.69) is 41.4 Å². The van der Waals surface area contributed by atoms with Crippen molar-refractivity contribution in [2.75, 3.05) is 31.1 Å². The minimum absolute atomic E-state index is 0.00105. The summed E-state index contributed by atoms with van der Waals surface area (Å²) in [6, 6.07) is 18.1. The van der Waals surface area contributed by atoms with Gasteiger partial charge >= 0.3 is 0 Å². The van der Waals surface area contributed by atoms with Crippen LogP contribution >= 0.6 is 0 Å². The van der Waals surface area contributed by atoms with Crippen LogP contribution in [0.3, 0.4) is 0 Å². The van der Waals surface area contributed by atoms with Gasteiger partial charge in [-0.1, -0.05) is 37.3 Å². The van der Waals surface area contributed by atoms with E-state index >= 15 is 0 Å². The van der Waals surface area contributed by atoms with Gasteiger partial charge in [0.15, 0.2) is 6.61 Å². The zero-order valence-electron chi connectivity index (χ0n) is 18.1. The van der Waals surface area contributed by atoms with Crippen LogP contribution < -0.4 is 15.0 Å². The van der Waals surface area contributed by atoms with Crippen LogP contribution in [0.2, 0.25) is 0 Å². The standard InChI is InChI=1S/C25H31N3O3/c1-19-16-27(17-20-6-3-2-4-7-20)15-13-23(19)26-24(29)18-31-22-11-9-21(10-12-22)28-14-5-8-25(28)30/h2-4,6-7,9-12,19,23H,5,8,13-18H2,1H3,(H,26,29)/t19-,23-/m0/s1. The number of amides is 2. The van der Waals surface area contributed by atoms with Crippen molar-refractivity contribution in [2.24, 2.45) is 5.92 Å². The molecule has 0 aliphatic carbocycles. The molecule has 1 N–H and O–H groups in total. The topological polar surface area (TPSA) is 61.9 Å². The number of piperidine rings is 1. The number of hydrogen-bond acceptors (Lipinski definition) is 4. The number of rotatable bonds is 7. The first-order valence-electron chi connectivity index (χ1n) is 11.2. The minimum Gasteiger partial charge on any atom is -0.484 e. The highest BCUT2D eigenvalue weighted by Gasteiger charge is 2.27. The fourth-order valence-corrected chi connectivity index (χ4v) is 4.47.